The SMILES string of the molecule is CCOc1ccc(OCC)c(NC(=O)CN(C)Cc2c(C)noc2C)c1. The summed E-state index contributed by atoms with van der Waals surface area (Å²) in [6.07, 6.45) is 0. The van der Waals surface area contributed by atoms with E-state index in [4.69, 9.17) is 14.0 Å². The number of carbonyl (C=O) groups excluding carboxylic acids is 1. The quantitative estimate of drug-likeness (QED) is 0.739. The molecule has 142 valence electrons. The maximum absolute atomic E-state index is 12.5. The molecule has 0 radical (unpaired) electrons. The lowest BCUT2D eigenvalue weighted by Crippen LogP contribution is -2.30. The molecule has 26 heavy (non-hydrogen) atoms. The number of benzene rings is 1. The fraction of sp³-hybridized carbons (Fsp3) is 0.474. The minimum Gasteiger partial charge on any atom is -0.494 e. The molecule has 0 unspecified atom stereocenters. The summed E-state index contributed by atoms with van der Waals surface area (Å²) in [7, 11) is 1.88. The van der Waals surface area contributed by atoms with Crippen LogP contribution in [-0.2, 0) is 11.3 Å². The largest absolute Gasteiger partial charge is 0.494 e. The van der Waals surface area contributed by atoms with Crippen LogP contribution in [0.1, 0.15) is 30.9 Å². The van der Waals surface area contributed by atoms with Crippen molar-refractivity contribution in [3.8, 4) is 11.5 Å². The van der Waals surface area contributed by atoms with Crippen LogP contribution in [0.15, 0.2) is 22.7 Å². The standard InChI is InChI=1S/C19H27N3O4/c1-6-24-15-8-9-18(25-7-2)17(10-15)20-19(23)12-22(5)11-16-13(3)21-26-14(16)4/h8-10H,6-7,11-12H2,1-5H3,(H,20,23). The number of nitrogens with one attached hydrogen (secondary N) is 1. The first-order chi connectivity index (χ1) is 12.4. The van der Waals surface area contributed by atoms with E-state index in [1.54, 1.807) is 12.1 Å². The van der Waals surface area contributed by atoms with Crippen molar-refractivity contribution in [1.29, 1.82) is 0 Å². The van der Waals surface area contributed by atoms with Gasteiger partial charge in [0.15, 0.2) is 0 Å². The molecular weight excluding hydrogens is 334 g/mol. The number of rotatable bonds is 9. The predicted octanol–water partition coefficient (Wildman–Crippen LogP) is 3.16. The Morgan fingerprint density at radius 2 is 1.96 bits per heavy atom. The molecule has 2 rings (SSSR count). The molecule has 0 saturated heterocycles. The van der Waals surface area contributed by atoms with Gasteiger partial charge < -0.3 is 19.3 Å². The van der Waals surface area contributed by atoms with Crippen molar-refractivity contribution in [3.05, 3.63) is 35.2 Å². The van der Waals surface area contributed by atoms with Gasteiger partial charge in [-0.1, -0.05) is 5.16 Å². The summed E-state index contributed by atoms with van der Waals surface area (Å²) >= 11 is 0. The van der Waals surface area contributed by atoms with Crippen LogP contribution in [0.5, 0.6) is 11.5 Å². The van der Waals surface area contributed by atoms with Gasteiger partial charge in [-0.25, -0.2) is 0 Å². The third-order valence-electron chi connectivity index (χ3n) is 3.86. The van der Waals surface area contributed by atoms with Crippen LogP contribution in [0.4, 0.5) is 5.69 Å². The van der Waals surface area contributed by atoms with Crippen molar-refractivity contribution in [2.24, 2.45) is 0 Å². The van der Waals surface area contributed by atoms with E-state index < -0.39 is 0 Å². The van der Waals surface area contributed by atoms with Crippen molar-refractivity contribution in [1.82, 2.24) is 10.1 Å². The topological polar surface area (TPSA) is 76.8 Å². The number of aromatic nitrogens is 1. The van der Waals surface area contributed by atoms with Gasteiger partial charge in [-0.15, -0.1) is 0 Å². The molecule has 1 amide bonds. The third kappa shape index (κ3) is 5.23. The minimum atomic E-state index is -0.131. The highest BCUT2D eigenvalue weighted by Crippen LogP contribution is 2.29. The summed E-state index contributed by atoms with van der Waals surface area (Å²) in [4.78, 5) is 14.4. The van der Waals surface area contributed by atoms with Gasteiger partial charge in [-0.2, -0.15) is 0 Å². The first-order valence-electron chi connectivity index (χ1n) is 8.74. The van der Waals surface area contributed by atoms with Gasteiger partial charge >= 0.3 is 0 Å². The number of likely N-dealkylation sites (N-methyl/N-ethyl adjacent to an activating group) is 1. The summed E-state index contributed by atoms with van der Waals surface area (Å²) in [5.74, 6) is 1.96. The maximum atomic E-state index is 12.5. The van der Waals surface area contributed by atoms with E-state index in [0.717, 1.165) is 17.0 Å². The van der Waals surface area contributed by atoms with Crippen molar-refractivity contribution in [3.63, 3.8) is 0 Å². The van der Waals surface area contributed by atoms with Gasteiger partial charge in [0.25, 0.3) is 0 Å². The molecule has 1 heterocycles. The van der Waals surface area contributed by atoms with Crippen molar-refractivity contribution in [2.75, 3.05) is 32.1 Å². The number of nitrogens with zero attached hydrogens (tertiary/aromatic N) is 2. The van der Waals surface area contributed by atoms with Crippen LogP contribution in [0.2, 0.25) is 0 Å². The number of amides is 1. The molecule has 0 spiro atoms. The summed E-state index contributed by atoms with van der Waals surface area (Å²) in [5.41, 5.74) is 2.46. The van der Waals surface area contributed by atoms with Crippen molar-refractivity contribution < 1.29 is 18.8 Å². The number of hydrogen-bond acceptors (Lipinski definition) is 6. The Morgan fingerprint density at radius 3 is 2.58 bits per heavy atom. The Morgan fingerprint density at radius 1 is 1.23 bits per heavy atom. The van der Waals surface area contributed by atoms with Gasteiger partial charge in [0.05, 0.1) is 31.1 Å². The highest BCUT2D eigenvalue weighted by Gasteiger charge is 2.15. The van der Waals surface area contributed by atoms with Gasteiger partial charge in [-0.05, 0) is 46.9 Å². The van der Waals surface area contributed by atoms with E-state index in [0.29, 0.717) is 36.9 Å². The molecule has 0 aliphatic heterocycles. The van der Waals surface area contributed by atoms with Gasteiger partial charge in [0.2, 0.25) is 5.91 Å². The van der Waals surface area contributed by atoms with Crippen LogP contribution < -0.4 is 14.8 Å². The Labute approximate surface area is 154 Å². The maximum Gasteiger partial charge on any atom is 0.238 e. The highest BCUT2D eigenvalue weighted by atomic mass is 16.5. The second-order valence-corrected chi connectivity index (χ2v) is 6.05. The number of hydrogen-bond donors (Lipinski definition) is 1. The molecule has 1 N–H and O–H groups in total. The summed E-state index contributed by atoms with van der Waals surface area (Å²) in [5, 5.41) is 6.85. The molecule has 0 bridgehead atoms. The third-order valence-corrected chi connectivity index (χ3v) is 3.86. The molecule has 1 aromatic carbocycles. The summed E-state index contributed by atoms with van der Waals surface area (Å²) < 4.78 is 16.3. The van der Waals surface area contributed by atoms with Gasteiger partial charge in [0, 0.05) is 18.2 Å². The van der Waals surface area contributed by atoms with Crippen molar-refractivity contribution >= 4 is 11.6 Å². The Kier molecular flexibility index (Phi) is 7.03. The number of ether oxygens (including phenoxy) is 2. The number of anilines is 1. The minimum absolute atomic E-state index is 0.131. The van der Waals surface area contributed by atoms with E-state index in [9.17, 15) is 4.79 Å². The predicted molar refractivity (Wildman–Crippen MR) is 99.7 cm³/mol. The Hall–Kier alpha value is -2.54. The van der Waals surface area contributed by atoms with E-state index in [1.807, 2.05) is 45.7 Å². The lowest BCUT2D eigenvalue weighted by atomic mass is 10.2. The van der Waals surface area contributed by atoms with Crippen LogP contribution in [0, 0.1) is 13.8 Å². The zero-order chi connectivity index (χ0) is 19.1. The first kappa shape index (κ1) is 19.8. The smallest absolute Gasteiger partial charge is 0.238 e. The van der Waals surface area contributed by atoms with Gasteiger partial charge in [0.1, 0.15) is 17.3 Å². The molecule has 0 aliphatic carbocycles. The van der Waals surface area contributed by atoms with E-state index in [2.05, 4.69) is 10.5 Å². The lowest BCUT2D eigenvalue weighted by molar-refractivity contribution is -0.117. The van der Waals surface area contributed by atoms with E-state index in [1.165, 1.54) is 0 Å². The monoisotopic (exact) mass is 361 g/mol. The van der Waals surface area contributed by atoms with E-state index >= 15 is 0 Å². The second-order valence-electron chi connectivity index (χ2n) is 6.05. The molecule has 0 saturated carbocycles. The van der Waals surface area contributed by atoms with Crippen LogP contribution in [-0.4, -0.2) is 42.8 Å². The molecule has 0 aliphatic rings. The molecule has 0 atom stereocenters. The highest BCUT2D eigenvalue weighted by molar-refractivity contribution is 5.94. The van der Waals surface area contributed by atoms with E-state index in [-0.39, 0.29) is 12.5 Å². The normalized spacial score (nSPS) is 10.8. The molecular formula is C19H27N3O4. The Balaban J connectivity index is 2.02. The summed E-state index contributed by atoms with van der Waals surface area (Å²) in [6, 6.07) is 5.41. The average Bonchev–Trinajstić information content (AvgIpc) is 2.89. The van der Waals surface area contributed by atoms with Crippen LogP contribution in [0.3, 0.4) is 0 Å². The first-order valence-corrected chi connectivity index (χ1v) is 8.74. The number of carbonyl (C=O) groups is 1. The molecule has 2 aromatic rings. The Bertz CT molecular complexity index is 723. The molecule has 7 heteroatoms. The van der Waals surface area contributed by atoms with Crippen molar-refractivity contribution in [2.45, 2.75) is 34.2 Å². The molecule has 1 aromatic heterocycles. The zero-order valence-electron chi connectivity index (χ0n) is 16.1. The number of aryl methyl sites for hydroxylation is 2. The van der Waals surface area contributed by atoms with Gasteiger partial charge in [-0.3, -0.25) is 9.69 Å². The van der Waals surface area contributed by atoms with Crippen LogP contribution >= 0.6 is 0 Å². The lowest BCUT2D eigenvalue weighted by Gasteiger charge is -2.18. The van der Waals surface area contributed by atoms with Crippen LogP contribution in [0.25, 0.3) is 0 Å². The zero-order valence-corrected chi connectivity index (χ0v) is 16.1. The molecule has 7 nitrogen and oxygen atoms in total. The fourth-order valence-electron chi connectivity index (χ4n) is 2.63. The molecule has 0 fully saturated rings. The average molecular weight is 361 g/mol. The fourth-order valence-corrected chi connectivity index (χ4v) is 2.63. The summed E-state index contributed by atoms with van der Waals surface area (Å²) in [6.45, 7) is 9.48. The second kappa shape index (κ2) is 9.24.